The Bertz CT molecular complexity index is 1120. The molecule has 0 aliphatic heterocycles. The van der Waals surface area contributed by atoms with Gasteiger partial charge in [0.15, 0.2) is 6.10 Å². The van der Waals surface area contributed by atoms with Gasteiger partial charge in [-0.15, -0.1) is 0 Å². The molecule has 4 aromatic rings. The molecule has 30 heavy (non-hydrogen) atoms. The Morgan fingerprint density at radius 1 is 0.800 bits per heavy atom. The van der Waals surface area contributed by atoms with E-state index >= 15 is 0 Å². The Balaban J connectivity index is 1.43. The van der Waals surface area contributed by atoms with Crippen molar-refractivity contribution in [2.24, 2.45) is 0 Å². The van der Waals surface area contributed by atoms with Crippen molar-refractivity contribution >= 4 is 22.4 Å². The fourth-order valence-corrected chi connectivity index (χ4v) is 3.23. The van der Waals surface area contributed by atoms with Gasteiger partial charge in [-0.25, -0.2) is 0 Å². The Kier molecular flexibility index (Phi) is 5.95. The number of rotatable bonds is 7. The molecule has 0 spiro atoms. The molecule has 0 aromatic heterocycles. The lowest BCUT2D eigenvalue weighted by Crippen LogP contribution is -2.32. The molecule has 4 nitrogen and oxygen atoms in total. The number of benzene rings is 4. The lowest BCUT2D eigenvalue weighted by atomic mass is 10.1. The molecule has 0 heterocycles. The van der Waals surface area contributed by atoms with E-state index in [-0.39, 0.29) is 5.91 Å². The minimum absolute atomic E-state index is 0.179. The van der Waals surface area contributed by atoms with Crippen molar-refractivity contribution in [1.29, 1.82) is 0 Å². The molecule has 150 valence electrons. The zero-order valence-corrected chi connectivity index (χ0v) is 16.7. The fourth-order valence-electron chi connectivity index (χ4n) is 3.23. The highest BCUT2D eigenvalue weighted by Crippen LogP contribution is 2.27. The standard InChI is InChI=1S/C26H23NO3/c1-2-24(30-25-14-8-10-19-9-6-7-13-23(19)25)26(28)27-20-15-17-22(18-16-20)29-21-11-4-3-5-12-21/h3-18,24H,2H2,1H3,(H,27,28)/t24-/m1/s1. The monoisotopic (exact) mass is 397 g/mol. The minimum atomic E-state index is -0.587. The summed E-state index contributed by atoms with van der Waals surface area (Å²) in [7, 11) is 0. The molecule has 0 unspecified atom stereocenters. The predicted octanol–water partition coefficient (Wildman–Crippen LogP) is 6.43. The number of carbonyl (C=O) groups excluding carboxylic acids is 1. The van der Waals surface area contributed by atoms with E-state index in [9.17, 15) is 4.79 Å². The first-order chi connectivity index (χ1) is 14.7. The van der Waals surface area contributed by atoms with Crippen LogP contribution in [0.5, 0.6) is 17.2 Å². The van der Waals surface area contributed by atoms with Crippen molar-refractivity contribution in [3.8, 4) is 17.2 Å². The van der Waals surface area contributed by atoms with E-state index < -0.39 is 6.10 Å². The van der Waals surface area contributed by atoms with Gasteiger partial charge >= 0.3 is 0 Å². The highest BCUT2D eigenvalue weighted by Gasteiger charge is 2.19. The topological polar surface area (TPSA) is 47.6 Å². The maximum absolute atomic E-state index is 12.8. The molecule has 0 saturated heterocycles. The summed E-state index contributed by atoms with van der Waals surface area (Å²) >= 11 is 0. The number of carbonyl (C=O) groups is 1. The largest absolute Gasteiger partial charge is 0.480 e. The quantitative estimate of drug-likeness (QED) is 0.391. The van der Waals surface area contributed by atoms with Crippen LogP contribution in [0.3, 0.4) is 0 Å². The molecular formula is C26H23NO3. The second kappa shape index (κ2) is 9.14. The van der Waals surface area contributed by atoms with E-state index in [4.69, 9.17) is 9.47 Å². The summed E-state index contributed by atoms with van der Waals surface area (Å²) in [5.74, 6) is 2.01. The number of anilines is 1. The number of amides is 1. The van der Waals surface area contributed by atoms with E-state index in [0.717, 1.165) is 16.5 Å². The summed E-state index contributed by atoms with van der Waals surface area (Å²) in [5.41, 5.74) is 0.695. The summed E-state index contributed by atoms with van der Waals surface area (Å²) in [5, 5.41) is 5.01. The lowest BCUT2D eigenvalue weighted by Gasteiger charge is -2.18. The molecule has 0 radical (unpaired) electrons. The number of hydrogen-bond acceptors (Lipinski definition) is 3. The van der Waals surface area contributed by atoms with Crippen molar-refractivity contribution in [3.63, 3.8) is 0 Å². The Morgan fingerprint density at radius 3 is 2.23 bits per heavy atom. The van der Waals surface area contributed by atoms with Gasteiger partial charge < -0.3 is 14.8 Å². The van der Waals surface area contributed by atoms with E-state index in [1.54, 1.807) is 0 Å². The highest BCUT2D eigenvalue weighted by atomic mass is 16.5. The van der Waals surface area contributed by atoms with Crippen LogP contribution in [0.15, 0.2) is 97.1 Å². The Morgan fingerprint density at radius 2 is 1.47 bits per heavy atom. The normalized spacial score (nSPS) is 11.6. The highest BCUT2D eigenvalue weighted by molar-refractivity contribution is 5.95. The van der Waals surface area contributed by atoms with Gasteiger partial charge in [0.1, 0.15) is 17.2 Å². The zero-order valence-electron chi connectivity index (χ0n) is 16.7. The Hall–Kier alpha value is -3.79. The summed E-state index contributed by atoms with van der Waals surface area (Å²) < 4.78 is 11.9. The van der Waals surface area contributed by atoms with Crippen molar-refractivity contribution in [2.45, 2.75) is 19.4 Å². The van der Waals surface area contributed by atoms with Gasteiger partial charge in [-0.1, -0.05) is 61.5 Å². The van der Waals surface area contributed by atoms with Crippen LogP contribution in [0.2, 0.25) is 0 Å². The van der Waals surface area contributed by atoms with E-state index in [1.165, 1.54) is 0 Å². The summed E-state index contributed by atoms with van der Waals surface area (Å²) in [4.78, 5) is 12.8. The zero-order chi connectivity index (χ0) is 20.8. The third-order valence-electron chi connectivity index (χ3n) is 4.78. The van der Waals surface area contributed by atoms with Crippen molar-refractivity contribution in [2.75, 3.05) is 5.32 Å². The lowest BCUT2D eigenvalue weighted by molar-refractivity contribution is -0.122. The molecule has 0 aliphatic carbocycles. The second-order valence-electron chi connectivity index (χ2n) is 6.92. The SMILES string of the molecule is CC[C@@H](Oc1cccc2ccccc12)C(=O)Nc1ccc(Oc2ccccc2)cc1. The third kappa shape index (κ3) is 4.61. The molecule has 0 fully saturated rings. The van der Waals surface area contributed by atoms with E-state index in [0.29, 0.717) is 23.6 Å². The molecular weight excluding hydrogens is 374 g/mol. The molecule has 4 aromatic carbocycles. The van der Waals surface area contributed by atoms with Crippen LogP contribution in [0.1, 0.15) is 13.3 Å². The van der Waals surface area contributed by atoms with Gasteiger partial charge in [0.2, 0.25) is 0 Å². The van der Waals surface area contributed by atoms with Crippen LogP contribution in [0.4, 0.5) is 5.69 Å². The first kappa shape index (κ1) is 19.5. The van der Waals surface area contributed by atoms with Gasteiger partial charge in [-0.3, -0.25) is 4.79 Å². The minimum Gasteiger partial charge on any atom is -0.480 e. The van der Waals surface area contributed by atoms with Gasteiger partial charge in [-0.2, -0.15) is 0 Å². The molecule has 1 N–H and O–H groups in total. The van der Waals surface area contributed by atoms with Crippen LogP contribution in [-0.2, 0) is 4.79 Å². The number of ether oxygens (including phenoxy) is 2. The van der Waals surface area contributed by atoms with Crippen LogP contribution >= 0.6 is 0 Å². The van der Waals surface area contributed by atoms with Gasteiger partial charge in [-0.05, 0) is 54.3 Å². The summed E-state index contributed by atoms with van der Waals surface area (Å²) in [6, 6.07) is 30.7. The van der Waals surface area contributed by atoms with Crippen molar-refractivity contribution < 1.29 is 14.3 Å². The maximum atomic E-state index is 12.8. The van der Waals surface area contributed by atoms with E-state index in [2.05, 4.69) is 5.32 Å². The average Bonchev–Trinajstić information content (AvgIpc) is 2.79. The molecule has 0 saturated carbocycles. The predicted molar refractivity (Wildman–Crippen MR) is 120 cm³/mol. The number of fused-ring (bicyclic) bond motifs is 1. The van der Waals surface area contributed by atoms with Crippen LogP contribution in [0, 0.1) is 0 Å². The number of para-hydroxylation sites is 1. The van der Waals surface area contributed by atoms with Crippen LogP contribution in [-0.4, -0.2) is 12.0 Å². The smallest absolute Gasteiger partial charge is 0.265 e. The summed E-state index contributed by atoms with van der Waals surface area (Å²) in [6.45, 7) is 1.94. The molecule has 0 bridgehead atoms. The summed E-state index contributed by atoms with van der Waals surface area (Å²) in [6.07, 6.45) is -0.0272. The molecule has 1 atom stereocenters. The van der Waals surface area contributed by atoms with Gasteiger partial charge in [0.05, 0.1) is 0 Å². The Labute approximate surface area is 176 Å². The first-order valence-electron chi connectivity index (χ1n) is 10.0. The van der Waals surface area contributed by atoms with Gasteiger partial charge in [0.25, 0.3) is 5.91 Å². The molecule has 4 rings (SSSR count). The molecule has 0 aliphatic rings. The van der Waals surface area contributed by atoms with Crippen molar-refractivity contribution in [3.05, 3.63) is 97.1 Å². The second-order valence-corrected chi connectivity index (χ2v) is 6.92. The van der Waals surface area contributed by atoms with Crippen molar-refractivity contribution in [1.82, 2.24) is 0 Å². The van der Waals surface area contributed by atoms with Gasteiger partial charge in [0, 0.05) is 11.1 Å². The molecule has 4 heteroatoms. The fraction of sp³-hybridized carbons (Fsp3) is 0.115. The maximum Gasteiger partial charge on any atom is 0.265 e. The van der Waals surface area contributed by atoms with Crippen LogP contribution in [0.25, 0.3) is 10.8 Å². The molecule has 1 amide bonds. The van der Waals surface area contributed by atoms with Crippen LogP contribution < -0.4 is 14.8 Å². The first-order valence-corrected chi connectivity index (χ1v) is 10.0. The number of hydrogen-bond donors (Lipinski definition) is 1. The van der Waals surface area contributed by atoms with E-state index in [1.807, 2.05) is 104 Å². The number of nitrogens with one attached hydrogen (secondary N) is 1. The third-order valence-corrected chi connectivity index (χ3v) is 4.78. The average molecular weight is 397 g/mol.